The van der Waals surface area contributed by atoms with Crippen LogP contribution in [0.15, 0.2) is 18.2 Å². The molecule has 2 saturated heterocycles. The normalized spacial score (nSPS) is 22.5. The molecule has 0 bridgehead atoms. The van der Waals surface area contributed by atoms with E-state index in [-0.39, 0.29) is 12.0 Å². The van der Waals surface area contributed by atoms with Crippen LogP contribution in [0.2, 0.25) is 5.02 Å². The van der Waals surface area contributed by atoms with Gasteiger partial charge in [-0.2, -0.15) is 0 Å². The molecule has 5 nitrogen and oxygen atoms in total. The lowest BCUT2D eigenvalue weighted by molar-refractivity contribution is 0.0827. The maximum absolute atomic E-state index is 12.0. The number of halogens is 1. The smallest absolute Gasteiger partial charge is 0.254 e. The summed E-state index contributed by atoms with van der Waals surface area (Å²) in [4.78, 5) is 16.1. The van der Waals surface area contributed by atoms with Gasteiger partial charge >= 0.3 is 0 Å². The van der Waals surface area contributed by atoms with Gasteiger partial charge in [0.05, 0.1) is 10.6 Å². The Hall–Kier alpha value is -1.30. The van der Waals surface area contributed by atoms with Crippen molar-refractivity contribution < 1.29 is 9.53 Å². The quantitative estimate of drug-likeness (QED) is 0.903. The summed E-state index contributed by atoms with van der Waals surface area (Å²) in [7, 11) is 3.44. The third kappa shape index (κ3) is 4.02. The van der Waals surface area contributed by atoms with E-state index in [0.717, 1.165) is 38.3 Å². The van der Waals surface area contributed by atoms with Crippen LogP contribution in [-0.2, 0) is 0 Å². The van der Waals surface area contributed by atoms with Gasteiger partial charge in [0.1, 0.15) is 11.9 Å². The minimum absolute atomic E-state index is 0.0931. The second-order valence-corrected chi connectivity index (χ2v) is 7.25. The average Bonchev–Trinajstić information content (AvgIpc) is 3.03. The minimum atomic E-state index is -0.0931. The molecule has 2 aliphatic rings. The Morgan fingerprint density at radius 1 is 1.29 bits per heavy atom. The van der Waals surface area contributed by atoms with E-state index in [4.69, 9.17) is 16.3 Å². The van der Waals surface area contributed by atoms with Crippen molar-refractivity contribution in [2.45, 2.75) is 31.4 Å². The molecule has 1 atom stereocenters. The van der Waals surface area contributed by atoms with Gasteiger partial charge in [0.2, 0.25) is 0 Å². The first-order chi connectivity index (χ1) is 11.5. The predicted molar refractivity (Wildman–Crippen MR) is 96.0 cm³/mol. The molecule has 2 heterocycles. The third-order valence-corrected chi connectivity index (χ3v) is 5.19. The van der Waals surface area contributed by atoms with Crippen molar-refractivity contribution in [3.63, 3.8) is 0 Å². The van der Waals surface area contributed by atoms with Gasteiger partial charge in [-0.05, 0) is 50.6 Å². The number of likely N-dealkylation sites (tertiary alicyclic amines) is 1. The summed E-state index contributed by atoms with van der Waals surface area (Å²) >= 11 is 6.26. The molecule has 1 N–H and O–H groups in total. The van der Waals surface area contributed by atoms with Crippen LogP contribution in [0.25, 0.3) is 0 Å². The Balaban J connectivity index is 1.58. The number of benzene rings is 1. The fourth-order valence-corrected chi connectivity index (χ4v) is 3.78. The molecular weight excluding hydrogens is 326 g/mol. The number of hydrogen-bond donors (Lipinski definition) is 1. The highest BCUT2D eigenvalue weighted by Gasteiger charge is 2.30. The van der Waals surface area contributed by atoms with E-state index in [1.54, 1.807) is 26.2 Å². The molecule has 6 heteroatoms. The van der Waals surface area contributed by atoms with Gasteiger partial charge in [-0.15, -0.1) is 0 Å². The minimum Gasteiger partial charge on any atom is -0.489 e. The van der Waals surface area contributed by atoms with Gasteiger partial charge in [0.15, 0.2) is 0 Å². The summed E-state index contributed by atoms with van der Waals surface area (Å²) in [6, 6.07) is 6.03. The Morgan fingerprint density at radius 3 is 2.71 bits per heavy atom. The summed E-state index contributed by atoms with van der Waals surface area (Å²) in [6.07, 6.45) is 3.69. The fourth-order valence-electron chi connectivity index (χ4n) is 3.53. The highest BCUT2D eigenvalue weighted by molar-refractivity contribution is 6.34. The zero-order valence-corrected chi connectivity index (χ0v) is 15.2. The molecule has 0 unspecified atom stereocenters. The second-order valence-electron chi connectivity index (χ2n) is 6.85. The van der Waals surface area contributed by atoms with E-state index in [1.165, 1.54) is 17.7 Å². The van der Waals surface area contributed by atoms with Crippen molar-refractivity contribution in [3.8, 4) is 5.75 Å². The zero-order chi connectivity index (χ0) is 17.1. The first-order valence-electron chi connectivity index (χ1n) is 8.67. The third-order valence-electron chi connectivity index (χ3n) is 4.88. The van der Waals surface area contributed by atoms with E-state index in [2.05, 4.69) is 10.2 Å². The molecule has 0 aliphatic carbocycles. The molecule has 1 aromatic carbocycles. The summed E-state index contributed by atoms with van der Waals surface area (Å²) < 4.78 is 6.11. The van der Waals surface area contributed by atoms with E-state index < -0.39 is 0 Å². The number of piperidine rings is 1. The van der Waals surface area contributed by atoms with E-state index in [0.29, 0.717) is 16.6 Å². The monoisotopic (exact) mass is 351 g/mol. The van der Waals surface area contributed by atoms with Crippen LogP contribution >= 0.6 is 11.6 Å². The van der Waals surface area contributed by atoms with Crippen LogP contribution < -0.4 is 10.1 Å². The molecule has 2 aliphatic heterocycles. The first-order valence-corrected chi connectivity index (χ1v) is 9.05. The topological polar surface area (TPSA) is 44.8 Å². The Labute approximate surface area is 148 Å². The molecule has 24 heavy (non-hydrogen) atoms. The summed E-state index contributed by atoms with van der Waals surface area (Å²) in [6.45, 7) is 4.30. The van der Waals surface area contributed by atoms with Crippen molar-refractivity contribution in [2.75, 3.05) is 40.3 Å². The highest BCUT2D eigenvalue weighted by atomic mass is 35.5. The molecular formula is C18H26ClN3O2. The van der Waals surface area contributed by atoms with Crippen LogP contribution in [0.4, 0.5) is 0 Å². The van der Waals surface area contributed by atoms with Crippen LogP contribution in [0.3, 0.4) is 0 Å². The van der Waals surface area contributed by atoms with Crippen molar-refractivity contribution in [1.82, 2.24) is 15.1 Å². The van der Waals surface area contributed by atoms with Crippen molar-refractivity contribution >= 4 is 17.5 Å². The van der Waals surface area contributed by atoms with Crippen molar-refractivity contribution in [1.29, 1.82) is 0 Å². The zero-order valence-electron chi connectivity index (χ0n) is 14.4. The maximum atomic E-state index is 12.0. The van der Waals surface area contributed by atoms with Crippen LogP contribution in [0, 0.1) is 0 Å². The van der Waals surface area contributed by atoms with Crippen molar-refractivity contribution in [3.05, 3.63) is 28.8 Å². The molecule has 0 radical (unpaired) electrons. The molecule has 1 aromatic rings. The molecule has 0 aromatic heterocycles. The van der Waals surface area contributed by atoms with Crippen LogP contribution in [-0.4, -0.2) is 68.1 Å². The Kier molecular flexibility index (Phi) is 5.64. The second kappa shape index (κ2) is 7.72. The lowest BCUT2D eigenvalue weighted by Gasteiger charge is -2.31. The Bertz CT molecular complexity index is 588. The summed E-state index contributed by atoms with van der Waals surface area (Å²) in [5.41, 5.74) is 0.511. The van der Waals surface area contributed by atoms with Gasteiger partial charge < -0.3 is 15.0 Å². The van der Waals surface area contributed by atoms with Crippen molar-refractivity contribution in [2.24, 2.45) is 0 Å². The standard InChI is InChI=1S/C18H26ClN3O2/c1-21(2)18(23)16-4-3-14(11-17(16)19)24-15-7-10-22(12-15)13-5-8-20-9-6-13/h3-4,11,13,15,20H,5-10,12H2,1-2H3/t15-/m0/s1. The lowest BCUT2D eigenvalue weighted by atomic mass is 10.1. The average molecular weight is 352 g/mol. The molecule has 2 fully saturated rings. The maximum Gasteiger partial charge on any atom is 0.254 e. The van der Waals surface area contributed by atoms with Crippen LogP contribution in [0.5, 0.6) is 5.75 Å². The van der Waals surface area contributed by atoms with E-state index >= 15 is 0 Å². The van der Waals surface area contributed by atoms with Gasteiger partial charge in [0, 0.05) is 33.2 Å². The number of hydrogen-bond acceptors (Lipinski definition) is 4. The largest absolute Gasteiger partial charge is 0.489 e. The van der Waals surface area contributed by atoms with E-state index in [1.807, 2.05) is 6.07 Å². The predicted octanol–water partition coefficient (Wildman–Crippen LogP) is 2.25. The number of carbonyl (C=O) groups excluding carboxylic acids is 1. The first kappa shape index (κ1) is 17.5. The summed E-state index contributed by atoms with van der Waals surface area (Å²) in [5.74, 6) is 0.650. The van der Waals surface area contributed by atoms with Crippen LogP contribution in [0.1, 0.15) is 29.6 Å². The summed E-state index contributed by atoms with van der Waals surface area (Å²) in [5, 5.41) is 3.86. The molecule has 0 saturated carbocycles. The fraction of sp³-hybridized carbons (Fsp3) is 0.611. The Morgan fingerprint density at radius 2 is 2.04 bits per heavy atom. The molecule has 1 amide bonds. The van der Waals surface area contributed by atoms with Gasteiger partial charge in [-0.25, -0.2) is 0 Å². The molecule has 3 rings (SSSR count). The van der Waals surface area contributed by atoms with Gasteiger partial charge in [-0.3, -0.25) is 9.69 Å². The SMILES string of the molecule is CN(C)C(=O)c1ccc(O[C@H]2CCN(C3CCNCC3)C2)cc1Cl. The van der Waals surface area contributed by atoms with Gasteiger partial charge in [0.25, 0.3) is 5.91 Å². The number of amides is 1. The highest BCUT2D eigenvalue weighted by Crippen LogP contribution is 2.27. The molecule has 0 spiro atoms. The lowest BCUT2D eigenvalue weighted by Crippen LogP contribution is -2.42. The number of rotatable bonds is 4. The number of nitrogens with one attached hydrogen (secondary N) is 1. The molecule has 132 valence electrons. The number of ether oxygens (including phenoxy) is 1. The van der Waals surface area contributed by atoms with Gasteiger partial charge in [-0.1, -0.05) is 11.6 Å². The van der Waals surface area contributed by atoms with E-state index in [9.17, 15) is 4.79 Å². The number of carbonyl (C=O) groups is 1. The number of nitrogens with zero attached hydrogens (tertiary/aromatic N) is 2.